The van der Waals surface area contributed by atoms with Crippen LogP contribution in [0.1, 0.15) is 40.5 Å². The summed E-state index contributed by atoms with van der Waals surface area (Å²) in [5.74, 6) is 0.00734. The number of anilines is 1. The van der Waals surface area contributed by atoms with Gasteiger partial charge in [0.05, 0.1) is 16.8 Å². The normalized spacial score (nSPS) is 11.3. The highest BCUT2D eigenvalue weighted by Crippen LogP contribution is 2.31. The van der Waals surface area contributed by atoms with Crippen LogP contribution in [0.25, 0.3) is 15.9 Å². The average molecular weight is 571 g/mol. The van der Waals surface area contributed by atoms with Crippen molar-refractivity contribution in [3.05, 3.63) is 78.4 Å². The lowest BCUT2D eigenvalue weighted by Crippen LogP contribution is -2.23. The molecule has 5 nitrogen and oxygen atoms in total. The first-order chi connectivity index (χ1) is 16.7. The summed E-state index contributed by atoms with van der Waals surface area (Å²) in [6, 6.07) is 11.8. The van der Waals surface area contributed by atoms with Crippen LogP contribution >= 0.6 is 39.0 Å². The van der Waals surface area contributed by atoms with Gasteiger partial charge < -0.3 is 5.32 Å². The molecule has 0 fully saturated rings. The fourth-order valence-electron chi connectivity index (χ4n) is 4.18. The number of thioether (sulfide) groups is 1. The van der Waals surface area contributed by atoms with Crippen LogP contribution in [0.2, 0.25) is 0 Å². The number of hydrogen-bond acceptors (Lipinski definition) is 5. The second kappa shape index (κ2) is 10.7. The number of aryl methyl sites for hydroxylation is 5. The van der Waals surface area contributed by atoms with Gasteiger partial charge in [0, 0.05) is 15.0 Å². The molecule has 0 spiro atoms. The molecule has 0 aliphatic heterocycles. The standard InChI is InChI=1S/C27H28BrN3O2S2/c1-6-8-21-18(5)23-25(35-21)30-27(31(26(23)33)20-10-7-9-15(2)11-20)34-14-22(32)29-24-16(3)12-19(28)13-17(24)4/h7,9-13H,6,8,14H2,1-5H3,(H,29,32). The van der Waals surface area contributed by atoms with E-state index in [9.17, 15) is 9.59 Å². The predicted octanol–water partition coefficient (Wildman–Crippen LogP) is 7.13. The lowest BCUT2D eigenvalue weighted by atomic mass is 10.1. The van der Waals surface area contributed by atoms with E-state index in [0.717, 1.165) is 55.8 Å². The predicted molar refractivity (Wildman–Crippen MR) is 152 cm³/mol. The summed E-state index contributed by atoms with van der Waals surface area (Å²) in [7, 11) is 0. The van der Waals surface area contributed by atoms with E-state index in [-0.39, 0.29) is 17.2 Å². The third-order valence-corrected chi connectivity index (χ3v) is 8.51. The summed E-state index contributed by atoms with van der Waals surface area (Å²) in [4.78, 5) is 33.5. The number of benzene rings is 2. The topological polar surface area (TPSA) is 64.0 Å². The highest BCUT2D eigenvalue weighted by Gasteiger charge is 2.20. The Hall–Kier alpha value is -2.42. The number of aromatic nitrogens is 2. The van der Waals surface area contributed by atoms with Crippen LogP contribution in [0.3, 0.4) is 0 Å². The van der Waals surface area contributed by atoms with Crippen LogP contribution in [-0.4, -0.2) is 21.2 Å². The van der Waals surface area contributed by atoms with Crippen LogP contribution in [0, 0.1) is 27.7 Å². The molecule has 2 aromatic heterocycles. The molecule has 1 amide bonds. The number of amides is 1. The number of halogens is 1. The highest BCUT2D eigenvalue weighted by molar-refractivity contribution is 9.10. The molecule has 0 atom stereocenters. The number of fused-ring (bicyclic) bond motifs is 1. The zero-order chi connectivity index (χ0) is 25.3. The van der Waals surface area contributed by atoms with Gasteiger partial charge in [-0.15, -0.1) is 11.3 Å². The fraction of sp³-hybridized carbons (Fsp3) is 0.296. The Morgan fingerprint density at radius 3 is 2.51 bits per heavy atom. The van der Waals surface area contributed by atoms with Crippen LogP contribution in [0.4, 0.5) is 5.69 Å². The van der Waals surface area contributed by atoms with E-state index in [1.807, 2.05) is 64.1 Å². The fourth-order valence-corrected chi connectivity index (χ4v) is 7.00. The van der Waals surface area contributed by atoms with Crippen LogP contribution in [-0.2, 0) is 11.2 Å². The van der Waals surface area contributed by atoms with E-state index < -0.39 is 0 Å². The summed E-state index contributed by atoms with van der Waals surface area (Å²) in [5.41, 5.74) is 5.54. The number of carbonyl (C=O) groups is 1. The van der Waals surface area contributed by atoms with Crippen LogP contribution in [0.15, 0.2) is 50.8 Å². The third-order valence-electron chi connectivity index (χ3n) is 5.86. The maximum absolute atomic E-state index is 13.8. The van der Waals surface area contributed by atoms with Crippen molar-refractivity contribution in [2.45, 2.75) is 52.6 Å². The van der Waals surface area contributed by atoms with Gasteiger partial charge in [0.2, 0.25) is 5.91 Å². The van der Waals surface area contributed by atoms with Crippen molar-refractivity contribution >= 4 is 60.8 Å². The molecule has 35 heavy (non-hydrogen) atoms. The van der Waals surface area contributed by atoms with Crippen molar-refractivity contribution in [3.63, 3.8) is 0 Å². The smallest absolute Gasteiger partial charge is 0.267 e. The minimum Gasteiger partial charge on any atom is -0.325 e. The molecule has 0 radical (unpaired) electrons. The molecule has 182 valence electrons. The Bertz CT molecular complexity index is 1470. The van der Waals surface area contributed by atoms with Gasteiger partial charge >= 0.3 is 0 Å². The van der Waals surface area contributed by atoms with Crippen LogP contribution in [0.5, 0.6) is 0 Å². The van der Waals surface area contributed by atoms with E-state index in [2.05, 4.69) is 28.2 Å². The van der Waals surface area contributed by atoms with Gasteiger partial charge in [-0.05, 0) is 80.6 Å². The lowest BCUT2D eigenvalue weighted by Gasteiger charge is -2.14. The Balaban J connectivity index is 1.72. The molecule has 0 saturated carbocycles. The Morgan fingerprint density at radius 1 is 1.14 bits per heavy atom. The molecule has 0 unspecified atom stereocenters. The molecule has 0 saturated heterocycles. The van der Waals surface area contributed by atoms with Gasteiger partial charge in [0.15, 0.2) is 5.16 Å². The summed E-state index contributed by atoms with van der Waals surface area (Å²) in [5, 5.41) is 4.23. The summed E-state index contributed by atoms with van der Waals surface area (Å²) < 4.78 is 2.63. The van der Waals surface area contributed by atoms with Gasteiger partial charge in [0.25, 0.3) is 5.56 Å². The Kier molecular flexibility index (Phi) is 7.83. The number of nitrogens with zero attached hydrogens (tertiary/aromatic N) is 2. The molecular formula is C27H28BrN3O2S2. The zero-order valence-electron chi connectivity index (χ0n) is 20.5. The van der Waals surface area contributed by atoms with Gasteiger partial charge in [-0.3, -0.25) is 14.2 Å². The quantitative estimate of drug-likeness (QED) is 0.190. The Labute approximate surface area is 222 Å². The van der Waals surface area contributed by atoms with E-state index in [1.165, 1.54) is 16.6 Å². The van der Waals surface area contributed by atoms with E-state index >= 15 is 0 Å². The summed E-state index contributed by atoms with van der Waals surface area (Å²) >= 11 is 6.36. The van der Waals surface area contributed by atoms with Gasteiger partial charge in [-0.2, -0.15) is 0 Å². The van der Waals surface area contributed by atoms with E-state index in [4.69, 9.17) is 4.98 Å². The summed E-state index contributed by atoms with van der Waals surface area (Å²) in [6.45, 7) is 10.1. The summed E-state index contributed by atoms with van der Waals surface area (Å²) in [6.07, 6.45) is 1.93. The van der Waals surface area contributed by atoms with Crippen molar-refractivity contribution in [2.24, 2.45) is 0 Å². The number of nitrogens with one attached hydrogen (secondary N) is 1. The van der Waals surface area contributed by atoms with Gasteiger partial charge in [0.1, 0.15) is 4.83 Å². The molecular weight excluding hydrogens is 542 g/mol. The maximum Gasteiger partial charge on any atom is 0.267 e. The lowest BCUT2D eigenvalue weighted by molar-refractivity contribution is -0.113. The first-order valence-electron chi connectivity index (χ1n) is 11.5. The third kappa shape index (κ3) is 5.39. The van der Waals surface area contributed by atoms with Crippen molar-refractivity contribution < 1.29 is 4.79 Å². The minimum atomic E-state index is -0.136. The number of thiophene rings is 1. The molecule has 0 bridgehead atoms. The molecule has 2 heterocycles. The monoisotopic (exact) mass is 569 g/mol. The highest BCUT2D eigenvalue weighted by atomic mass is 79.9. The van der Waals surface area contributed by atoms with Crippen molar-refractivity contribution in [2.75, 3.05) is 11.1 Å². The first-order valence-corrected chi connectivity index (χ1v) is 14.1. The molecule has 1 N–H and O–H groups in total. The second-order valence-corrected chi connectivity index (χ2v) is 11.6. The van der Waals surface area contributed by atoms with Crippen molar-refractivity contribution in [1.82, 2.24) is 9.55 Å². The van der Waals surface area contributed by atoms with E-state index in [0.29, 0.717) is 10.5 Å². The molecule has 4 aromatic rings. The number of rotatable bonds is 7. The zero-order valence-corrected chi connectivity index (χ0v) is 23.7. The average Bonchev–Trinajstić information content (AvgIpc) is 3.10. The molecule has 4 rings (SSSR count). The molecule has 0 aliphatic carbocycles. The maximum atomic E-state index is 13.8. The van der Waals surface area contributed by atoms with Gasteiger partial charge in [-0.1, -0.05) is 53.2 Å². The van der Waals surface area contributed by atoms with E-state index in [1.54, 1.807) is 15.9 Å². The van der Waals surface area contributed by atoms with Gasteiger partial charge in [-0.25, -0.2) is 4.98 Å². The van der Waals surface area contributed by atoms with Crippen molar-refractivity contribution in [1.29, 1.82) is 0 Å². The SMILES string of the molecule is CCCc1sc2nc(SCC(=O)Nc3c(C)cc(Br)cc3C)n(-c3cccc(C)c3)c(=O)c2c1C. The number of hydrogen-bond donors (Lipinski definition) is 1. The molecule has 2 aromatic carbocycles. The number of carbonyl (C=O) groups excluding carboxylic acids is 1. The van der Waals surface area contributed by atoms with Crippen LogP contribution < -0.4 is 10.9 Å². The second-order valence-electron chi connectivity index (χ2n) is 8.71. The minimum absolute atomic E-state index is 0.0841. The largest absolute Gasteiger partial charge is 0.325 e. The molecule has 8 heteroatoms. The Morgan fingerprint density at radius 2 is 1.86 bits per heavy atom. The first kappa shape index (κ1) is 25.7. The molecule has 0 aliphatic rings. The van der Waals surface area contributed by atoms with Crippen molar-refractivity contribution in [3.8, 4) is 5.69 Å².